The normalized spacial score (nSPS) is 13.7. The number of nitrogens with two attached hydrogens (primary N) is 1. The largest absolute Gasteiger partial charge is 0.457 e. The first-order chi connectivity index (χ1) is 19.3. The van der Waals surface area contributed by atoms with Crippen molar-refractivity contribution >= 4 is 40.7 Å². The van der Waals surface area contributed by atoms with E-state index in [-0.39, 0.29) is 36.4 Å². The van der Waals surface area contributed by atoms with Gasteiger partial charge in [-0.3, -0.25) is 14.4 Å². The van der Waals surface area contributed by atoms with Crippen LogP contribution in [0.25, 0.3) is 0 Å². The van der Waals surface area contributed by atoms with Gasteiger partial charge in [0.05, 0.1) is 12.1 Å². The average Bonchev–Trinajstić information content (AvgIpc) is 3.38. The van der Waals surface area contributed by atoms with Gasteiger partial charge in [-0.1, -0.05) is 12.1 Å². The van der Waals surface area contributed by atoms with E-state index in [2.05, 4.69) is 9.97 Å². The van der Waals surface area contributed by atoms with Crippen molar-refractivity contribution in [2.75, 3.05) is 23.8 Å². The first kappa shape index (κ1) is 28.8. The molecule has 1 aliphatic rings. The number of aliphatic hydroxyl groups excluding tert-OH is 1. The van der Waals surface area contributed by atoms with E-state index in [4.69, 9.17) is 10.5 Å². The summed E-state index contributed by atoms with van der Waals surface area (Å²) in [5, 5.41) is 9.40. The van der Waals surface area contributed by atoms with Gasteiger partial charge < -0.3 is 25.4 Å². The molecule has 1 aliphatic heterocycles. The lowest BCUT2D eigenvalue weighted by atomic mass is 10.2. The SMILES string of the molecule is CC(=C(CCO)SC(=O)c1ccccc1Oc1ccc(N2CCCC2=O)cc1)N(C=O)Cc1cnc(C)nc1N. The number of thioether (sulfide) groups is 1. The standard InChI is InChI=1S/C29H31N5O5S/c1-19(33(18-36)17-21-16-31-20(2)32-28(21)30)26(13-15-35)40-29(38)24-6-3-4-7-25(24)39-23-11-9-22(10-12-23)34-14-5-8-27(34)37/h3-4,6-7,9-12,16,18,35H,5,8,13-15,17H2,1-2H3,(H2,30,31,32). The van der Waals surface area contributed by atoms with E-state index < -0.39 is 0 Å². The van der Waals surface area contributed by atoms with Crippen LogP contribution in [0.4, 0.5) is 11.5 Å². The molecule has 10 nitrogen and oxygen atoms in total. The van der Waals surface area contributed by atoms with Gasteiger partial charge in [-0.25, -0.2) is 9.97 Å². The molecule has 0 spiro atoms. The van der Waals surface area contributed by atoms with Crippen LogP contribution in [0, 0.1) is 6.92 Å². The molecule has 11 heteroatoms. The van der Waals surface area contributed by atoms with Crippen molar-refractivity contribution in [3.05, 3.63) is 82.3 Å². The zero-order chi connectivity index (χ0) is 28.6. The molecule has 0 saturated carbocycles. The lowest BCUT2D eigenvalue weighted by molar-refractivity contribution is -0.117. The third-order valence-corrected chi connectivity index (χ3v) is 7.58. The van der Waals surface area contributed by atoms with Gasteiger partial charge in [0.1, 0.15) is 23.1 Å². The van der Waals surface area contributed by atoms with Gasteiger partial charge in [-0.2, -0.15) is 0 Å². The van der Waals surface area contributed by atoms with E-state index in [1.165, 1.54) is 4.90 Å². The summed E-state index contributed by atoms with van der Waals surface area (Å²) in [6, 6.07) is 14.0. The number of carbonyl (C=O) groups excluding carboxylic acids is 3. The number of para-hydroxylation sites is 1. The highest BCUT2D eigenvalue weighted by molar-refractivity contribution is 8.17. The highest BCUT2D eigenvalue weighted by Gasteiger charge is 2.22. The summed E-state index contributed by atoms with van der Waals surface area (Å²) in [6.07, 6.45) is 3.78. The van der Waals surface area contributed by atoms with E-state index in [0.29, 0.717) is 58.4 Å². The van der Waals surface area contributed by atoms with Crippen molar-refractivity contribution in [1.29, 1.82) is 0 Å². The predicted octanol–water partition coefficient (Wildman–Crippen LogP) is 4.43. The Kier molecular flexibility index (Phi) is 9.52. The van der Waals surface area contributed by atoms with Crippen LogP contribution in [0.15, 0.2) is 65.3 Å². The van der Waals surface area contributed by atoms with Crippen LogP contribution in [-0.2, 0) is 16.1 Å². The number of ether oxygens (including phenoxy) is 1. The number of carbonyl (C=O) groups is 3. The highest BCUT2D eigenvalue weighted by atomic mass is 32.2. The number of aryl methyl sites for hydroxylation is 1. The number of allylic oxidation sites excluding steroid dienone is 1. The van der Waals surface area contributed by atoms with E-state index in [1.54, 1.807) is 61.3 Å². The number of amides is 2. The van der Waals surface area contributed by atoms with Crippen LogP contribution in [0.5, 0.6) is 11.5 Å². The molecule has 208 valence electrons. The maximum atomic E-state index is 13.4. The number of aliphatic hydroxyl groups is 1. The van der Waals surface area contributed by atoms with Crippen LogP contribution >= 0.6 is 11.8 Å². The number of rotatable bonds is 11. The zero-order valence-electron chi connectivity index (χ0n) is 22.4. The second-order valence-corrected chi connectivity index (χ2v) is 10.2. The van der Waals surface area contributed by atoms with E-state index in [0.717, 1.165) is 23.9 Å². The van der Waals surface area contributed by atoms with Crippen LogP contribution in [0.1, 0.15) is 47.9 Å². The monoisotopic (exact) mass is 561 g/mol. The van der Waals surface area contributed by atoms with Gasteiger partial charge in [0, 0.05) is 54.0 Å². The molecule has 2 aromatic carbocycles. The molecule has 1 fully saturated rings. The number of nitrogens with zero attached hydrogens (tertiary/aromatic N) is 4. The minimum atomic E-state index is -0.304. The van der Waals surface area contributed by atoms with Gasteiger partial charge in [0.25, 0.3) is 0 Å². The van der Waals surface area contributed by atoms with Gasteiger partial charge in [0.2, 0.25) is 17.4 Å². The van der Waals surface area contributed by atoms with Crippen molar-refractivity contribution in [2.45, 2.75) is 39.7 Å². The van der Waals surface area contributed by atoms with E-state index in [9.17, 15) is 19.5 Å². The Bertz CT molecular complexity index is 1430. The Hall–Kier alpha value is -4.22. The van der Waals surface area contributed by atoms with Gasteiger partial charge in [-0.15, -0.1) is 0 Å². The molecule has 40 heavy (non-hydrogen) atoms. The molecule has 1 aromatic heterocycles. The topological polar surface area (TPSA) is 139 Å². The molecule has 2 heterocycles. The summed E-state index contributed by atoms with van der Waals surface area (Å²) in [5.41, 5.74) is 8.22. The molecule has 0 unspecified atom stereocenters. The number of hydrogen-bond acceptors (Lipinski definition) is 9. The lowest BCUT2D eigenvalue weighted by Gasteiger charge is -2.22. The van der Waals surface area contributed by atoms with Crippen LogP contribution in [0.2, 0.25) is 0 Å². The zero-order valence-corrected chi connectivity index (χ0v) is 23.2. The Morgan fingerprint density at radius 3 is 2.62 bits per heavy atom. The summed E-state index contributed by atoms with van der Waals surface area (Å²) < 4.78 is 6.05. The summed E-state index contributed by atoms with van der Waals surface area (Å²) in [5.74, 6) is 1.78. The molecular formula is C29H31N5O5S. The Labute approximate surface area is 236 Å². The summed E-state index contributed by atoms with van der Waals surface area (Å²) in [4.78, 5) is 49.4. The molecular weight excluding hydrogens is 530 g/mol. The highest BCUT2D eigenvalue weighted by Crippen LogP contribution is 2.34. The maximum Gasteiger partial charge on any atom is 0.227 e. The first-order valence-corrected chi connectivity index (χ1v) is 13.6. The average molecular weight is 562 g/mol. The van der Waals surface area contributed by atoms with Crippen molar-refractivity contribution in [3.63, 3.8) is 0 Å². The fourth-order valence-electron chi connectivity index (χ4n) is 4.25. The molecule has 0 aliphatic carbocycles. The molecule has 3 N–H and O–H groups in total. The van der Waals surface area contributed by atoms with Crippen molar-refractivity contribution in [1.82, 2.24) is 14.9 Å². The number of anilines is 2. The maximum absolute atomic E-state index is 13.4. The predicted molar refractivity (Wildman–Crippen MR) is 154 cm³/mol. The fourth-order valence-corrected chi connectivity index (χ4v) is 5.21. The van der Waals surface area contributed by atoms with Gasteiger partial charge in [-0.05, 0) is 68.4 Å². The minimum absolute atomic E-state index is 0.104. The molecule has 0 atom stereocenters. The third kappa shape index (κ3) is 6.85. The van der Waals surface area contributed by atoms with Gasteiger partial charge in [0.15, 0.2) is 0 Å². The molecule has 2 amide bonds. The second-order valence-electron chi connectivity index (χ2n) is 9.17. The Balaban J connectivity index is 1.53. The van der Waals surface area contributed by atoms with Crippen LogP contribution in [0.3, 0.4) is 0 Å². The van der Waals surface area contributed by atoms with E-state index in [1.807, 2.05) is 12.1 Å². The number of hydrogen-bond donors (Lipinski definition) is 2. The summed E-state index contributed by atoms with van der Waals surface area (Å²) >= 11 is 0.929. The molecule has 1 saturated heterocycles. The van der Waals surface area contributed by atoms with Crippen molar-refractivity contribution < 1.29 is 24.2 Å². The Morgan fingerprint density at radius 2 is 1.98 bits per heavy atom. The fraction of sp³-hybridized carbons (Fsp3) is 0.276. The number of benzene rings is 2. The minimum Gasteiger partial charge on any atom is -0.457 e. The summed E-state index contributed by atoms with van der Waals surface area (Å²) in [7, 11) is 0. The number of nitrogen functional groups attached to an aromatic ring is 1. The Morgan fingerprint density at radius 1 is 1.23 bits per heavy atom. The smallest absolute Gasteiger partial charge is 0.227 e. The van der Waals surface area contributed by atoms with E-state index >= 15 is 0 Å². The first-order valence-electron chi connectivity index (χ1n) is 12.8. The quantitative estimate of drug-likeness (QED) is 0.325. The molecule has 0 radical (unpaired) electrons. The van der Waals surface area contributed by atoms with Crippen molar-refractivity contribution in [3.8, 4) is 11.5 Å². The summed E-state index contributed by atoms with van der Waals surface area (Å²) in [6.45, 7) is 4.03. The van der Waals surface area contributed by atoms with Gasteiger partial charge >= 0.3 is 0 Å². The second kappa shape index (κ2) is 13.2. The molecule has 0 bridgehead atoms. The molecule has 3 aromatic rings. The number of aromatic nitrogens is 2. The van der Waals surface area contributed by atoms with Crippen molar-refractivity contribution in [2.24, 2.45) is 0 Å². The lowest BCUT2D eigenvalue weighted by Crippen LogP contribution is -2.23. The third-order valence-electron chi connectivity index (χ3n) is 6.43. The van der Waals surface area contributed by atoms with Crippen LogP contribution in [-0.4, -0.2) is 50.6 Å². The van der Waals surface area contributed by atoms with Crippen LogP contribution < -0.4 is 15.4 Å². The molecule has 4 rings (SSSR count).